The molecule has 0 aliphatic heterocycles. The Morgan fingerprint density at radius 2 is 1.75 bits per heavy atom. The molecule has 0 spiro atoms. The third kappa shape index (κ3) is 2.24. The predicted octanol–water partition coefficient (Wildman–Crippen LogP) is 4.84. The Morgan fingerprint density at radius 3 is 2.50 bits per heavy atom. The Kier molecular flexibility index (Phi) is 3.29. The number of carbonyl (C=O) groups is 1. The van der Waals surface area contributed by atoms with Gasteiger partial charge in [0.2, 0.25) is 0 Å². The lowest BCUT2D eigenvalue weighted by atomic mass is 9.69. The monoisotopic (exact) mass is 328 g/mol. The van der Waals surface area contributed by atoms with Crippen molar-refractivity contribution in [3.8, 4) is 0 Å². The second-order valence-corrected chi connectivity index (χ2v) is 10.6. The molecule has 4 fully saturated rings. The van der Waals surface area contributed by atoms with Crippen LogP contribution in [0.25, 0.3) is 0 Å². The van der Waals surface area contributed by atoms with Gasteiger partial charge >= 0.3 is 5.97 Å². The lowest BCUT2D eigenvalue weighted by Gasteiger charge is -2.40. The summed E-state index contributed by atoms with van der Waals surface area (Å²) in [6.07, 6.45) is 12.3. The molecule has 132 valence electrons. The molecule has 4 bridgehead atoms. The number of carbonyl (C=O) groups excluding carboxylic acids is 1. The van der Waals surface area contributed by atoms with Gasteiger partial charge in [-0.1, -0.05) is 32.9 Å². The molecule has 5 aliphatic rings. The van der Waals surface area contributed by atoms with Crippen LogP contribution in [0.2, 0.25) is 0 Å². The van der Waals surface area contributed by atoms with E-state index in [4.69, 9.17) is 4.74 Å². The molecular weight excluding hydrogens is 296 g/mol. The molecule has 9 unspecified atom stereocenters. The van der Waals surface area contributed by atoms with E-state index in [2.05, 4.69) is 32.9 Å². The van der Waals surface area contributed by atoms with Crippen LogP contribution >= 0.6 is 0 Å². The second kappa shape index (κ2) is 5.11. The molecule has 0 N–H and O–H groups in total. The van der Waals surface area contributed by atoms with E-state index in [9.17, 15) is 4.79 Å². The van der Waals surface area contributed by atoms with Crippen LogP contribution in [0, 0.1) is 52.8 Å². The topological polar surface area (TPSA) is 26.3 Å². The van der Waals surface area contributed by atoms with Gasteiger partial charge in [-0.3, -0.25) is 4.79 Å². The molecule has 0 aromatic carbocycles. The number of hydrogen-bond donors (Lipinski definition) is 0. The zero-order valence-corrected chi connectivity index (χ0v) is 15.4. The summed E-state index contributed by atoms with van der Waals surface area (Å²) in [5, 5.41) is 0. The van der Waals surface area contributed by atoms with Crippen molar-refractivity contribution < 1.29 is 9.53 Å². The van der Waals surface area contributed by atoms with Crippen LogP contribution in [0.4, 0.5) is 0 Å². The van der Waals surface area contributed by atoms with Crippen molar-refractivity contribution in [1.82, 2.24) is 0 Å². The van der Waals surface area contributed by atoms with Crippen molar-refractivity contribution in [1.29, 1.82) is 0 Å². The fourth-order valence-corrected chi connectivity index (χ4v) is 7.89. The van der Waals surface area contributed by atoms with Gasteiger partial charge in [-0.15, -0.1) is 0 Å². The first-order valence-corrected chi connectivity index (χ1v) is 10.3. The quantitative estimate of drug-likeness (QED) is 0.412. The van der Waals surface area contributed by atoms with Crippen molar-refractivity contribution >= 4 is 5.97 Å². The molecular formula is C22H32O2. The molecule has 9 atom stereocenters. The summed E-state index contributed by atoms with van der Waals surface area (Å²) in [7, 11) is 0. The molecule has 0 heterocycles. The molecule has 0 aromatic rings. The zero-order chi connectivity index (χ0) is 16.6. The van der Waals surface area contributed by atoms with E-state index in [0.717, 1.165) is 48.9 Å². The van der Waals surface area contributed by atoms with Crippen LogP contribution in [0.5, 0.6) is 0 Å². The van der Waals surface area contributed by atoms with E-state index in [1.165, 1.54) is 19.3 Å². The molecule has 0 saturated heterocycles. The van der Waals surface area contributed by atoms with E-state index in [1.807, 2.05) is 0 Å². The summed E-state index contributed by atoms with van der Waals surface area (Å²) < 4.78 is 6.11. The third-order valence-corrected chi connectivity index (χ3v) is 8.20. The fraction of sp³-hybridized carbons (Fsp3) is 0.864. The molecule has 5 rings (SSSR count). The van der Waals surface area contributed by atoms with E-state index >= 15 is 0 Å². The normalized spacial score (nSPS) is 53.4. The van der Waals surface area contributed by atoms with Crippen LogP contribution in [0.3, 0.4) is 0 Å². The largest absolute Gasteiger partial charge is 0.462 e. The van der Waals surface area contributed by atoms with E-state index in [0.29, 0.717) is 17.3 Å². The van der Waals surface area contributed by atoms with Gasteiger partial charge in [0.15, 0.2) is 0 Å². The Morgan fingerprint density at radius 1 is 1.00 bits per heavy atom. The Hall–Kier alpha value is -0.790. The van der Waals surface area contributed by atoms with Gasteiger partial charge in [0.1, 0.15) is 6.10 Å². The second-order valence-electron chi connectivity index (χ2n) is 10.6. The molecule has 24 heavy (non-hydrogen) atoms. The van der Waals surface area contributed by atoms with Gasteiger partial charge in [0.25, 0.3) is 0 Å². The minimum absolute atomic E-state index is 0.155. The average Bonchev–Trinajstić information content (AvgIpc) is 3.23. The first kappa shape index (κ1) is 15.5. The SMILES string of the molecule is CC1CC(OC(=O)C2CC3CC2C2C4C=CC(C4)C32)CC(C)(C)C1. The van der Waals surface area contributed by atoms with Crippen molar-refractivity contribution in [2.24, 2.45) is 52.8 Å². The zero-order valence-electron chi connectivity index (χ0n) is 15.4. The average molecular weight is 328 g/mol. The summed E-state index contributed by atoms with van der Waals surface area (Å²) in [6, 6.07) is 0. The van der Waals surface area contributed by atoms with Crippen LogP contribution in [0.15, 0.2) is 12.2 Å². The Labute approximate surface area is 146 Å². The molecule has 2 nitrogen and oxygen atoms in total. The first-order chi connectivity index (χ1) is 11.4. The highest BCUT2D eigenvalue weighted by atomic mass is 16.5. The van der Waals surface area contributed by atoms with Gasteiger partial charge in [0.05, 0.1) is 5.92 Å². The molecule has 4 saturated carbocycles. The van der Waals surface area contributed by atoms with Crippen LogP contribution in [0.1, 0.15) is 59.3 Å². The fourth-order valence-electron chi connectivity index (χ4n) is 7.89. The van der Waals surface area contributed by atoms with Gasteiger partial charge in [-0.25, -0.2) is 0 Å². The smallest absolute Gasteiger partial charge is 0.309 e. The van der Waals surface area contributed by atoms with Gasteiger partial charge in [-0.05, 0) is 85.4 Å². The minimum Gasteiger partial charge on any atom is -0.462 e. The summed E-state index contributed by atoms with van der Waals surface area (Å²) in [5.74, 6) is 5.80. The van der Waals surface area contributed by atoms with Gasteiger partial charge < -0.3 is 4.74 Å². The lowest BCUT2D eigenvalue weighted by Crippen LogP contribution is -2.39. The summed E-state index contributed by atoms with van der Waals surface area (Å²) in [4.78, 5) is 13.0. The number of allylic oxidation sites excluding steroid dienone is 2. The summed E-state index contributed by atoms with van der Waals surface area (Å²) in [5.41, 5.74) is 0.317. The summed E-state index contributed by atoms with van der Waals surface area (Å²) in [6.45, 7) is 6.96. The Bertz CT molecular complexity index is 577. The lowest BCUT2D eigenvalue weighted by molar-refractivity contribution is -0.161. The maximum atomic E-state index is 13.0. The summed E-state index contributed by atoms with van der Waals surface area (Å²) >= 11 is 0. The third-order valence-electron chi connectivity index (χ3n) is 8.20. The van der Waals surface area contributed by atoms with Crippen molar-refractivity contribution in [2.75, 3.05) is 0 Å². The number of esters is 1. The highest BCUT2D eigenvalue weighted by Crippen LogP contribution is 2.67. The van der Waals surface area contributed by atoms with Crippen LogP contribution in [-0.2, 0) is 9.53 Å². The Balaban J connectivity index is 1.27. The van der Waals surface area contributed by atoms with E-state index < -0.39 is 0 Å². The van der Waals surface area contributed by atoms with E-state index in [-0.39, 0.29) is 18.0 Å². The van der Waals surface area contributed by atoms with Gasteiger partial charge in [-0.2, -0.15) is 0 Å². The highest BCUT2D eigenvalue weighted by Gasteiger charge is 2.62. The minimum atomic E-state index is 0.155. The predicted molar refractivity (Wildman–Crippen MR) is 94.1 cm³/mol. The maximum absolute atomic E-state index is 13.0. The van der Waals surface area contributed by atoms with Crippen LogP contribution in [-0.4, -0.2) is 12.1 Å². The standard InChI is InChI=1S/C22H32O2/c1-12-6-16(11-22(2,3)10-12)24-21(23)18-9-15-8-17(18)20-14-5-4-13(7-14)19(15)20/h4-5,12-20H,6-11H2,1-3H3. The molecule has 0 aromatic heterocycles. The highest BCUT2D eigenvalue weighted by molar-refractivity contribution is 5.74. The van der Waals surface area contributed by atoms with Crippen molar-refractivity contribution in [3.05, 3.63) is 12.2 Å². The van der Waals surface area contributed by atoms with Crippen molar-refractivity contribution in [3.63, 3.8) is 0 Å². The van der Waals surface area contributed by atoms with Crippen molar-refractivity contribution in [2.45, 2.75) is 65.4 Å². The first-order valence-electron chi connectivity index (χ1n) is 10.3. The number of ether oxygens (including phenoxy) is 1. The number of fused-ring (bicyclic) bond motifs is 9. The number of rotatable bonds is 2. The van der Waals surface area contributed by atoms with Crippen LogP contribution < -0.4 is 0 Å². The van der Waals surface area contributed by atoms with E-state index in [1.54, 1.807) is 0 Å². The molecule has 5 aliphatic carbocycles. The number of hydrogen-bond acceptors (Lipinski definition) is 2. The molecule has 0 amide bonds. The van der Waals surface area contributed by atoms with Gasteiger partial charge in [0, 0.05) is 0 Å². The molecule has 2 heteroatoms. The maximum Gasteiger partial charge on any atom is 0.309 e. The molecule has 0 radical (unpaired) electrons.